The summed E-state index contributed by atoms with van der Waals surface area (Å²) in [6, 6.07) is 0. The van der Waals surface area contributed by atoms with Gasteiger partial charge in [0.25, 0.3) is 0 Å². The molecule has 0 fully saturated rings. The molecule has 0 bridgehead atoms. The van der Waals surface area contributed by atoms with Gasteiger partial charge in [-0.3, -0.25) is 0 Å². The van der Waals surface area contributed by atoms with Gasteiger partial charge < -0.3 is 5.11 Å². The third-order valence-electron chi connectivity index (χ3n) is 1.19. The SMILES string of the molecule is Br.Oc1c(Cl)c(Cl)c(Cl)c(Cl)c1Cl.[W]. The predicted octanol–water partition coefficient (Wildman–Crippen LogP) is 5.23. The average Bonchev–Trinajstić information content (AvgIpc) is 2.08. The Balaban J connectivity index is 0. The van der Waals surface area contributed by atoms with Crippen molar-refractivity contribution in [2.45, 2.75) is 0 Å². The minimum atomic E-state index is -0.363. The van der Waals surface area contributed by atoms with E-state index in [1.165, 1.54) is 0 Å². The average molecular weight is 531 g/mol. The summed E-state index contributed by atoms with van der Waals surface area (Å²) >= 11 is 27.9. The summed E-state index contributed by atoms with van der Waals surface area (Å²) in [6.07, 6.45) is 0. The minimum absolute atomic E-state index is 0. The third kappa shape index (κ3) is 3.31. The van der Waals surface area contributed by atoms with Crippen LogP contribution in [0, 0.1) is 0 Å². The fourth-order valence-electron chi connectivity index (χ4n) is 0.593. The molecule has 0 unspecified atom stereocenters. The monoisotopic (exact) mass is 528 g/mol. The quantitative estimate of drug-likeness (QED) is 0.359. The Bertz CT molecular complexity index is 240. The van der Waals surface area contributed by atoms with Gasteiger partial charge in [0, 0.05) is 21.1 Å². The predicted molar refractivity (Wildman–Crippen MR) is 63.5 cm³/mol. The maximum absolute atomic E-state index is 9.20. The second kappa shape index (κ2) is 7.06. The van der Waals surface area contributed by atoms with Gasteiger partial charge in [0.05, 0.1) is 15.1 Å². The number of phenolic OH excluding ortho intramolecular Hbond substituents is 1. The summed E-state index contributed by atoms with van der Waals surface area (Å²) in [5.74, 6) is -0.363. The van der Waals surface area contributed by atoms with Crippen LogP contribution in [-0.4, -0.2) is 5.11 Å². The molecule has 0 saturated heterocycles. The second-order valence-electron chi connectivity index (χ2n) is 1.92. The second-order valence-corrected chi connectivity index (χ2v) is 3.81. The first-order chi connectivity index (χ1) is 5.46. The smallest absolute Gasteiger partial charge is 0.155 e. The maximum atomic E-state index is 9.20. The molecule has 8 heteroatoms. The van der Waals surface area contributed by atoms with Crippen LogP contribution in [0.15, 0.2) is 0 Å². The van der Waals surface area contributed by atoms with Crippen molar-refractivity contribution >= 4 is 75.0 Å². The Kier molecular flexibility index (Phi) is 9.09. The molecule has 1 aromatic rings. The Morgan fingerprint density at radius 1 is 0.643 bits per heavy atom. The first-order valence-corrected chi connectivity index (χ1v) is 4.56. The molecule has 0 amide bonds. The normalized spacial score (nSPS) is 8.93. The van der Waals surface area contributed by atoms with Crippen LogP contribution in [0.4, 0.5) is 0 Å². The summed E-state index contributed by atoms with van der Waals surface area (Å²) in [7, 11) is 0. The largest absolute Gasteiger partial charge is 0.505 e. The van der Waals surface area contributed by atoms with Gasteiger partial charge in [-0.1, -0.05) is 58.0 Å². The number of phenols is 1. The first-order valence-electron chi connectivity index (χ1n) is 2.67. The Labute approximate surface area is 131 Å². The molecule has 0 aliphatic carbocycles. The van der Waals surface area contributed by atoms with Crippen molar-refractivity contribution in [2.24, 2.45) is 0 Å². The summed E-state index contributed by atoms with van der Waals surface area (Å²) in [5.41, 5.74) is 0. The molecule has 0 heterocycles. The van der Waals surface area contributed by atoms with Crippen LogP contribution < -0.4 is 0 Å². The van der Waals surface area contributed by atoms with Gasteiger partial charge in [0.15, 0.2) is 5.75 Å². The summed E-state index contributed by atoms with van der Waals surface area (Å²) in [5, 5.41) is 9.01. The van der Waals surface area contributed by atoms with E-state index in [-0.39, 0.29) is 68.9 Å². The molecule has 80 valence electrons. The number of rotatable bonds is 0. The summed E-state index contributed by atoms with van der Waals surface area (Å²) in [4.78, 5) is 0. The zero-order valence-electron chi connectivity index (χ0n) is 6.15. The van der Waals surface area contributed by atoms with Gasteiger partial charge in [-0.15, -0.1) is 17.0 Å². The van der Waals surface area contributed by atoms with Crippen LogP contribution in [0.3, 0.4) is 0 Å². The van der Waals surface area contributed by atoms with Crippen LogP contribution >= 0.6 is 75.0 Å². The van der Waals surface area contributed by atoms with Crippen LogP contribution in [0.1, 0.15) is 0 Å². The number of aromatic hydroxyl groups is 1. The molecule has 0 aliphatic rings. The van der Waals surface area contributed by atoms with E-state index < -0.39 is 0 Å². The van der Waals surface area contributed by atoms with Crippen molar-refractivity contribution in [3.8, 4) is 5.75 Å². The maximum Gasteiger partial charge on any atom is 0.155 e. The van der Waals surface area contributed by atoms with Crippen molar-refractivity contribution in [2.75, 3.05) is 0 Å². The van der Waals surface area contributed by atoms with E-state index in [0.717, 1.165) is 0 Å². The molecule has 1 aromatic carbocycles. The molecule has 0 saturated carbocycles. The molecule has 0 aromatic heterocycles. The first kappa shape index (κ1) is 18.0. The van der Waals surface area contributed by atoms with Gasteiger partial charge in [-0.2, -0.15) is 0 Å². The molecule has 0 atom stereocenters. The zero-order valence-corrected chi connectivity index (χ0v) is 14.6. The molecule has 1 N–H and O–H groups in total. The number of hydrogen-bond acceptors (Lipinski definition) is 1. The van der Waals surface area contributed by atoms with Crippen molar-refractivity contribution < 1.29 is 26.2 Å². The molecule has 0 spiro atoms. The zero-order chi connectivity index (χ0) is 9.46. The van der Waals surface area contributed by atoms with E-state index in [4.69, 9.17) is 58.0 Å². The van der Waals surface area contributed by atoms with Crippen LogP contribution in [0.25, 0.3) is 0 Å². The summed E-state index contributed by atoms with van der Waals surface area (Å²) < 4.78 is 0. The Hall–Kier alpha value is 1.64. The molecule has 0 radical (unpaired) electrons. The fourth-order valence-corrected chi connectivity index (χ4v) is 1.72. The van der Waals surface area contributed by atoms with Crippen molar-refractivity contribution in [1.29, 1.82) is 0 Å². The van der Waals surface area contributed by atoms with Crippen LogP contribution in [0.2, 0.25) is 25.1 Å². The van der Waals surface area contributed by atoms with E-state index >= 15 is 0 Å². The number of hydrogen-bond donors (Lipinski definition) is 1. The van der Waals surface area contributed by atoms with Crippen molar-refractivity contribution in [3.63, 3.8) is 0 Å². The molecule has 1 rings (SSSR count). The Morgan fingerprint density at radius 3 is 1.14 bits per heavy atom. The van der Waals surface area contributed by atoms with Crippen LogP contribution in [0.5, 0.6) is 5.75 Å². The van der Waals surface area contributed by atoms with E-state index in [2.05, 4.69) is 0 Å². The number of benzene rings is 1. The molecule has 14 heavy (non-hydrogen) atoms. The number of halogens is 6. The topological polar surface area (TPSA) is 20.2 Å². The van der Waals surface area contributed by atoms with Gasteiger partial charge in [0.1, 0.15) is 10.0 Å². The van der Waals surface area contributed by atoms with E-state index in [1.807, 2.05) is 0 Å². The third-order valence-corrected chi connectivity index (χ3v) is 3.44. The standard InChI is InChI=1S/C6HCl5O.BrH.W/c7-1-2(8)4(10)6(12)5(11)3(1)9;;/h12H;1H;. The summed E-state index contributed by atoms with van der Waals surface area (Å²) in [6.45, 7) is 0. The van der Waals surface area contributed by atoms with Gasteiger partial charge in [0.2, 0.25) is 0 Å². The van der Waals surface area contributed by atoms with Gasteiger partial charge >= 0.3 is 0 Å². The molecule has 1 nitrogen and oxygen atoms in total. The fraction of sp³-hybridized carbons (Fsp3) is 0. The Morgan fingerprint density at radius 2 is 0.857 bits per heavy atom. The van der Waals surface area contributed by atoms with Gasteiger partial charge in [-0.25, -0.2) is 0 Å². The van der Waals surface area contributed by atoms with Crippen molar-refractivity contribution in [1.82, 2.24) is 0 Å². The molecular weight excluding hydrogens is 529 g/mol. The van der Waals surface area contributed by atoms with Gasteiger partial charge in [-0.05, 0) is 0 Å². The molecule has 0 aliphatic heterocycles. The van der Waals surface area contributed by atoms with E-state index in [0.29, 0.717) is 0 Å². The van der Waals surface area contributed by atoms with Crippen molar-refractivity contribution in [3.05, 3.63) is 25.1 Å². The molecular formula is C6H2BrCl5OW. The minimum Gasteiger partial charge on any atom is -0.505 e. The van der Waals surface area contributed by atoms with E-state index in [9.17, 15) is 5.11 Å². The van der Waals surface area contributed by atoms with E-state index in [1.54, 1.807) is 0 Å². The van der Waals surface area contributed by atoms with Crippen LogP contribution in [-0.2, 0) is 21.1 Å².